The zero-order chi connectivity index (χ0) is 27.9. The van der Waals surface area contributed by atoms with E-state index in [9.17, 15) is 26.8 Å². The summed E-state index contributed by atoms with van der Waals surface area (Å²) in [7, 11) is -4.26. The number of anilines is 1. The van der Waals surface area contributed by atoms with Crippen molar-refractivity contribution in [2.75, 3.05) is 10.8 Å². The number of amides is 2. The van der Waals surface area contributed by atoms with Gasteiger partial charge in [0.1, 0.15) is 24.2 Å². The van der Waals surface area contributed by atoms with Crippen LogP contribution in [0.15, 0.2) is 83.8 Å². The van der Waals surface area contributed by atoms with E-state index in [1.54, 1.807) is 24.3 Å². The quantitative estimate of drug-likeness (QED) is 0.386. The molecule has 3 aromatic rings. The van der Waals surface area contributed by atoms with E-state index >= 15 is 0 Å². The third-order valence-electron chi connectivity index (χ3n) is 6.19. The molecule has 0 saturated heterocycles. The Morgan fingerprint density at radius 2 is 1.50 bits per heavy atom. The van der Waals surface area contributed by atoms with E-state index in [0.717, 1.165) is 21.3 Å². The minimum Gasteiger partial charge on any atom is -0.352 e. The summed E-state index contributed by atoms with van der Waals surface area (Å²) in [6.45, 7) is 4.26. The fraction of sp³-hybridized carbons (Fsp3) is 0.286. The average Bonchev–Trinajstić information content (AvgIpc) is 2.91. The van der Waals surface area contributed by atoms with Crippen LogP contribution >= 0.6 is 0 Å². The van der Waals surface area contributed by atoms with Crippen LogP contribution in [-0.2, 0) is 26.2 Å². The maximum Gasteiger partial charge on any atom is 0.264 e. The molecule has 10 heteroatoms. The molecule has 0 heterocycles. The first-order valence-corrected chi connectivity index (χ1v) is 13.6. The number of rotatable bonds is 11. The van der Waals surface area contributed by atoms with Gasteiger partial charge in [0.05, 0.1) is 10.6 Å². The largest absolute Gasteiger partial charge is 0.352 e. The van der Waals surface area contributed by atoms with E-state index in [-0.39, 0.29) is 28.7 Å². The standard InChI is InChI=1S/C28H31F2N3O4S/c1-4-20(2)31-28(35)21(3)32(18-22-10-8-9-13-26(22)30)27(34)19-33(24-16-14-23(29)15-17-24)38(36,37)25-11-6-5-7-12-25/h5-17,20-21H,4,18-19H2,1-3H3,(H,31,35)/t20-,21+/m0/s1. The third-order valence-corrected chi connectivity index (χ3v) is 7.98. The van der Waals surface area contributed by atoms with Crippen LogP contribution in [0.1, 0.15) is 32.8 Å². The lowest BCUT2D eigenvalue weighted by Crippen LogP contribution is -2.52. The van der Waals surface area contributed by atoms with Gasteiger partial charge >= 0.3 is 0 Å². The lowest BCUT2D eigenvalue weighted by Gasteiger charge is -2.32. The Bertz CT molecular complexity index is 1350. The van der Waals surface area contributed by atoms with Gasteiger partial charge in [-0.25, -0.2) is 17.2 Å². The topological polar surface area (TPSA) is 86.8 Å². The molecule has 0 bridgehead atoms. The Kier molecular flexibility index (Phi) is 9.57. The van der Waals surface area contributed by atoms with Crippen LogP contribution in [0, 0.1) is 11.6 Å². The summed E-state index contributed by atoms with van der Waals surface area (Å²) in [6.07, 6.45) is 0.660. The molecule has 38 heavy (non-hydrogen) atoms. The summed E-state index contributed by atoms with van der Waals surface area (Å²) >= 11 is 0. The normalized spacial score (nSPS) is 12.9. The van der Waals surface area contributed by atoms with E-state index in [4.69, 9.17) is 0 Å². The highest BCUT2D eigenvalue weighted by Crippen LogP contribution is 2.25. The van der Waals surface area contributed by atoms with E-state index in [2.05, 4.69) is 5.32 Å². The number of hydrogen-bond donors (Lipinski definition) is 1. The Labute approximate surface area is 222 Å². The zero-order valence-corrected chi connectivity index (χ0v) is 22.3. The van der Waals surface area contributed by atoms with Gasteiger partial charge in [0.15, 0.2) is 0 Å². The minimum absolute atomic E-state index is 0.0613. The van der Waals surface area contributed by atoms with E-state index < -0.39 is 46.1 Å². The molecule has 2 atom stereocenters. The molecule has 202 valence electrons. The molecule has 0 aromatic heterocycles. The second-order valence-electron chi connectivity index (χ2n) is 8.91. The molecule has 0 saturated carbocycles. The molecule has 2 amide bonds. The number of hydrogen-bond acceptors (Lipinski definition) is 4. The maximum atomic E-state index is 14.5. The van der Waals surface area contributed by atoms with Crippen molar-refractivity contribution >= 4 is 27.5 Å². The molecule has 0 radical (unpaired) electrons. The van der Waals surface area contributed by atoms with Gasteiger partial charge in [-0.15, -0.1) is 0 Å². The second kappa shape index (κ2) is 12.6. The molecule has 0 spiro atoms. The van der Waals surface area contributed by atoms with Crippen molar-refractivity contribution in [3.8, 4) is 0 Å². The molecule has 0 aliphatic carbocycles. The lowest BCUT2D eigenvalue weighted by atomic mass is 10.1. The molecular weight excluding hydrogens is 512 g/mol. The van der Waals surface area contributed by atoms with E-state index in [1.165, 1.54) is 49.4 Å². The molecule has 7 nitrogen and oxygen atoms in total. The van der Waals surface area contributed by atoms with Gasteiger partial charge in [-0.05, 0) is 62.7 Å². The van der Waals surface area contributed by atoms with E-state index in [1.807, 2.05) is 13.8 Å². The molecule has 0 aliphatic rings. The Hall–Kier alpha value is -3.79. The molecule has 3 aromatic carbocycles. The Morgan fingerprint density at radius 1 is 0.895 bits per heavy atom. The summed E-state index contributed by atoms with van der Waals surface area (Å²) in [5.74, 6) is -2.33. The molecule has 0 unspecified atom stereocenters. The summed E-state index contributed by atoms with van der Waals surface area (Å²) in [5.41, 5.74) is 0.231. The summed E-state index contributed by atoms with van der Waals surface area (Å²) in [4.78, 5) is 27.8. The van der Waals surface area contributed by atoms with Gasteiger partial charge < -0.3 is 10.2 Å². The summed E-state index contributed by atoms with van der Waals surface area (Å²) < 4.78 is 56.2. The van der Waals surface area contributed by atoms with Crippen molar-refractivity contribution in [1.82, 2.24) is 10.2 Å². The van der Waals surface area contributed by atoms with Crippen molar-refractivity contribution in [3.63, 3.8) is 0 Å². The molecule has 0 fully saturated rings. The van der Waals surface area contributed by atoms with Crippen LogP contribution in [0.25, 0.3) is 0 Å². The smallest absolute Gasteiger partial charge is 0.264 e. The molecule has 0 aliphatic heterocycles. The number of sulfonamides is 1. The van der Waals surface area contributed by atoms with Crippen LogP contribution in [-0.4, -0.2) is 43.8 Å². The monoisotopic (exact) mass is 543 g/mol. The van der Waals surface area contributed by atoms with Crippen LogP contribution in [0.2, 0.25) is 0 Å². The van der Waals surface area contributed by atoms with Crippen molar-refractivity contribution in [3.05, 3.63) is 96.1 Å². The Morgan fingerprint density at radius 3 is 2.11 bits per heavy atom. The van der Waals surface area contributed by atoms with Crippen LogP contribution in [0.4, 0.5) is 14.5 Å². The van der Waals surface area contributed by atoms with Crippen LogP contribution in [0.5, 0.6) is 0 Å². The number of benzene rings is 3. The van der Waals surface area contributed by atoms with Crippen molar-refractivity contribution in [1.29, 1.82) is 0 Å². The first-order chi connectivity index (χ1) is 18.0. The van der Waals surface area contributed by atoms with Crippen molar-refractivity contribution < 1.29 is 26.8 Å². The SMILES string of the molecule is CC[C@H](C)NC(=O)[C@@H](C)N(Cc1ccccc1F)C(=O)CN(c1ccc(F)cc1)S(=O)(=O)c1ccccc1. The fourth-order valence-electron chi connectivity index (χ4n) is 3.71. The molecular formula is C28H31F2N3O4S. The number of halogens is 2. The first kappa shape index (κ1) is 28.8. The zero-order valence-electron chi connectivity index (χ0n) is 21.5. The molecule has 1 N–H and O–H groups in total. The Balaban J connectivity index is 2.02. The van der Waals surface area contributed by atoms with Gasteiger partial charge in [-0.1, -0.05) is 43.3 Å². The third kappa shape index (κ3) is 6.95. The van der Waals surface area contributed by atoms with Crippen molar-refractivity contribution in [2.24, 2.45) is 0 Å². The van der Waals surface area contributed by atoms with Gasteiger partial charge in [0.2, 0.25) is 11.8 Å². The molecule has 3 rings (SSSR count). The van der Waals surface area contributed by atoms with Gasteiger partial charge in [-0.3, -0.25) is 13.9 Å². The van der Waals surface area contributed by atoms with Gasteiger partial charge in [0.25, 0.3) is 10.0 Å². The summed E-state index contributed by atoms with van der Waals surface area (Å²) in [5, 5.41) is 2.81. The number of carbonyl (C=O) groups excluding carboxylic acids is 2. The number of nitrogens with zero attached hydrogens (tertiary/aromatic N) is 2. The van der Waals surface area contributed by atoms with Gasteiger partial charge in [-0.2, -0.15) is 0 Å². The maximum absolute atomic E-state index is 14.5. The van der Waals surface area contributed by atoms with Crippen molar-refractivity contribution in [2.45, 2.75) is 50.7 Å². The highest BCUT2D eigenvalue weighted by atomic mass is 32.2. The van der Waals surface area contributed by atoms with Crippen LogP contribution < -0.4 is 9.62 Å². The number of nitrogens with one attached hydrogen (secondary N) is 1. The predicted octanol–water partition coefficient (Wildman–Crippen LogP) is 4.49. The van der Waals surface area contributed by atoms with Crippen LogP contribution in [0.3, 0.4) is 0 Å². The number of carbonyl (C=O) groups is 2. The van der Waals surface area contributed by atoms with Gasteiger partial charge in [0, 0.05) is 18.2 Å². The first-order valence-electron chi connectivity index (χ1n) is 12.2. The predicted molar refractivity (Wildman–Crippen MR) is 142 cm³/mol. The fourth-order valence-corrected chi connectivity index (χ4v) is 5.15. The highest BCUT2D eigenvalue weighted by molar-refractivity contribution is 7.92. The highest BCUT2D eigenvalue weighted by Gasteiger charge is 2.33. The lowest BCUT2D eigenvalue weighted by molar-refractivity contribution is -0.139. The second-order valence-corrected chi connectivity index (χ2v) is 10.8. The average molecular weight is 544 g/mol. The van der Waals surface area contributed by atoms with E-state index in [0.29, 0.717) is 6.42 Å². The minimum atomic E-state index is -4.26. The summed E-state index contributed by atoms with van der Waals surface area (Å²) in [6, 6.07) is 16.8.